The first-order valence-corrected chi connectivity index (χ1v) is 9.66. The molecular formula is C22H29ClN4O2. The first kappa shape index (κ1) is 22.7. The number of urea groups is 1. The average Bonchev–Trinajstić information content (AvgIpc) is 2.69. The maximum Gasteiger partial charge on any atom is 0.323 e. The van der Waals surface area contributed by atoms with Crippen LogP contribution in [0.4, 0.5) is 16.2 Å². The number of aryl methyl sites for hydroxylation is 1. The second kappa shape index (κ2) is 10.3. The van der Waals surface area contributed by atoms with E-state index >= 15 is 0 Å². The lowest BCUT2D eigenvalue weighted by atomic mass is 9.96. The molecule has 0 radical (unpaired) electrons. The minimum absolute atomic E-state index is 0. The maximum atomic E-state index is 12.6. The molecule has 0 aromatic heterocycles. The highest BCUT2D eigenvalue weighted by molar-refractivity contribution is 6.00. The molecule has 1 unspecified atom stereocenters. The molecule has 3 rings (SSSR count). The summed E-state index contributed by atoms with van der Waals surface area (Å²) in [7, 11) is 1.86. The summed E-state index contributed by atoms with van der Waals surface area (Å²) in [5.41, 5.74) is 4.89. The van der Waals surface area contributed by atoms with E-state index < -0.39 is 0 Å². The summed E-state index contributed by atoms with van der Waals surface area (Å²) in [6.07, 6.45) is 0.730. The zero-order valence-corrected chi connectivity index (χ0v) is 17.9. The van der Waals surface area contributed by atoms with Crippen molar-refractivity contribution in [1.82, 2.24) is 10.2 Å². The van der Waals surface area contributed by atoms with Crippen molar-refractivity contribution in [1.29, 1.82) is 0 Å². The van der Waals surface area contributed by atoms with Crippen molar-refractivity contribution in [3.63, 3.8) is 0 Å². The van der Waals surface area contributed by atoms with Crippen LogP contribution in [0.2, 0.25) is 0 Å². The Morgan fingerprint density at radius 2 is 1.83 bits per heavy atom. The van der Waals surface area contributed by atoms with Crippen molar-refractivity contribution in [3.8, 4) is 0 Å². The molecule has 0 bridgehead atoms. The summed E-state index contributed by atoms with van der Waals surface area (Å²) >= 11 is 0. The van der Waals surface area contributed by atoms with Gasteiger partial charge in [-0.05, 0) is 49.7 Å². The minimum Gasteiger partial charge on any atom is -0.338 e. The maximum absolute atomic E-state index is 12.6. The van der Waals surface area contributed by atoms with Crippen LogP contribution in [0.1, 0.15) is 23.6 Å². The first-order chi connectivity index (χ1) is 13.5. The summed E-state index contributed by atoms with van der Waals surface area (Å²) < 4.78 is 0. The van der Waals surface area contributed by atoms with Crippen LogP contribution in [0, 0.1) is 12.8 Å². The summed E-state index contributed by atoms with van der Waals surface area (Å²) in [6.45, 7) is 5.87. The van der Waals surface area contributed by atoms with Crippen molar-refractivity contribution in [3.05, 3.63) is 59.2 Å². The van der Waals surface area contributed by atoms with Crippen molar-refractivity contribution >= 4 is 35.7 Å². The smallest absolute Gasteiger partial charge is 0.323 e. The van der Waals surface area contributed by atoms with E-state index in [2.05, 4.69) is 16.0 Å². The zero-order chi connectivity index (χ0) is 20.1. The lowest BCUT2D eigenvalue weighted by molar-refractivity contribution is -0.135. The highest BCUT2D eigenvalue weighted by Gasteiger charge is 2.25. The van der Waals surface area contributed by atoms with Crippen LogP contribution >= 0.6 is 12.4 Å². The van der Waals surface area contributed by atoms with Crippen LogP contribution in [0.25, 0.3) is 0 Å². The van der Waals surface area contributed by atoms with Crippen molar-refractivity contribution in [2.24, 2.45) is 5.92 Å². The van der Waals surface area contributed by atoms with E-state index in [-0.39, 0.29) is 30.3 Å². The molecule has 1 atom stereocenters. The normalized spacial score (nSPS) is 13.7. The van der Waals surface area contributed by atoms with Crippen LogP contribution in [0.15, 0.2) is 42.5 Å². The fraction of sp³-hybridized carbons (Fsp3) is 0.364. The lowest BCUT2D eigenvalue weighted by Gasteiger charge is -2.32. The molecule has 3 amide bonds. The van der Waals surface area contributed by atoms with Gasteiger partial charge in [-0.25, -0.2) is 4.79 Å². The van der Waals surface area contributed by atoms with E-state index in [9.17, 15) is 9.59 Å². The number of fused-ring (bicyclic) bond motifs is 1. The predicted molar refractivity (Wildman–Crippen MR) is 120 cm³/mol. The molecule has 0 spiro atoms. The van der Waals surface area contributed by atoms with E-state index in [4.69, 9.17) is 0 Å². The Bertz CT molecular complexity index is 854. The van der Waals surface area contributed by atoms with Gasteiger partial charge in [0.2, 0.25) is 5.91 Å². The van der Waals surface area contributed by atoms with E-state index in [1.54, 1.807) is 0 Å². The quantitative estimate of drug-likeness (QED) is 0.694. The summed E-state index contributed by atoms with van der Waals surface area (Å²) in [5, 5.41) is 8.87. The predicted octanol–water partition coefficient (Wildman–Crippen LogP) is 3.80. The average molecular weight is 417 g/mol. The Hall–Kier alpha value is -2.57. The van der Waals surface area contributed by atoms with Gasteiger partial charge < -0.3 is 20.9 Å². The van der Waals surface area contributed by atoms with Gasteiger partial charge in [0.05, 0.1) is 0 Å². The van der Waals surface area contributed by atoms with Crippen LogP contribution in [-0.4, -0.2) is 37.0 Å². The molecule has 0 fully saturated rings. The molecule has 3 N–H and O–H groups in total. The number of benzene rings is 2. The molecule has 1 heterocycles. The van der Waals surface area contributed by atoms with Crippen LogP contribution < -0.4 is 16.0 Å². The molecule has 7 heteroatoms. The number of hydrogen-bond donors (Lipinski definition) is 3. The highest BCUT2D eigenvalue weighted by atomic mass is 35.5. The Labute approximate surface area is 178 Å². The number of nitrogens with one attached hydrogen (secondary N) is 3. The minimum atomic E-state index is -0.265. The van der Waals surface area contributed by atoms with Gasteiger partial charge in [0.1, 0.15) is 0 Å². The molecular weight excluding hydrogens is 388 g/mol. The van der Waals surface area contributed by atoms with Crippen molar-refractivity contribution in [2.75, 3.05) is 30.8 Å². The Kier molecular flexibility index (Phi) is 8.05. The van der Waals surface area contributed by atoms with Gasteiger partial charge in [0.25, 0.3) is 0 Å². The third-order valence-corrected chi connectivity index (χ3v) is 5.07. The number of carbonyl (C=O) groups excluding carboxylic acids is 2. The Morgan fingerprint density at radius 3 is 2.52 bits per heavy atom. The van der Waals surface area contributed by atoms with E-state index in [1.165, 1.54) is 0 Å². The molecule has 6 nitrogen and oxygen atoms in total. The van der Waals surface area contributed by atoms with Crippen molar-refractivity contribution < 1.29 is 9.59 Å². The molecule has 29 heavy (non-hydrogen) atoms. The third kappa shape index (κ3) is 5.71. The molecule has 2 aromatic rings. The van der Waals surface area contributed by atoms with Crippen LogP contribution in [0.5, 0.6) is 0 Å². The standard InChI is InChI=1S/C22H28N4O2.ClH/c1-15-7-9-18(10-8-15)24-22(28)25-20-6-4-5-17-14-26(12-11-19(17)20)21(27)16(2)13-23-3;/h4-10,16,23H,11-14H2,1-3H3,(H2,24,25,28);1H. The topological polar surface area (TPSA) is 73.5 Å². The van der Waals surface area contributed by atoms with Gasteiger partial charge in [-0.1, -0.05) is 36.8 Å². The fourth-order valence-corrected chi connectivity index (χ4v) is 3.54. The number of nitrogens with zero attached hydrogens (tertiary/aromatic N) is 1. The Morgan fingerprint density at radius 1 is 1.10 bits per heavy atom. The second-order valence-corrected chi connectivity index (χ2v) is 7.36. The van der Waals surface area contributed by atoms with Crippen molar-refractivity contribution in [2.45, 2.75) is 26.8 Å². The van der Waals surface area contributed by atoms with E-state index in [0.717, 1.165) is 34.5 Å². The van der Waals surface area contributed by atoms with Gasteiger partial charge in [-0.3, -0.25) is 4.79 Å². The number of amides is 3. The molecule has 2 aromatic carbocycles. The van der Waals surface area contributed by atoms with Gasteiger partial charge in [0, 0.05) is 36.9 Å². The number of anilines is 2. The number of hydrogen-bond acceptors (Lipinski definition) is 3. The second-order valence-electron chi connectivity index (χ2n) is 7.36. The monoisotopic (exact) mass is 416 g/mol. The van der Waals surface area contributed by atoms with Gasteiger partial charge >= 0.3 is 6.03 Å². The number of halogens is 1. The fourth-order valence-electron chi connectivity index (χ4n) is 3.54. The third-order valence-electron chi connectivity index (χ3n) is 5.07. The summed E-state index contributed by atoms with van der Waals surface area (Å²) in [6, 6.07) is 13.3. The molecule has 0 saturated heterocycles. The summed E-state index contributed by atoms with van der Waals surface area (Å²) in [4.78, 5) is 26.9. The number of rotatable bonds is 5. The van der Waals surface area contributed by atoms with Crippen LogP contribution in [0.3, 0.4) is 0 Å². The first-order valence-electron chi connectivity index (χ1n) is 9.66. The summed E-state index contributed by atoms with van der Waals surface area (Å²) in [5.74, 6) is 0.114. The van der Waals surface area contributed by atoms with Gasteiger partial charge in [-0.2, -0.15) is 0 Å². The van der Waals surface area contributed by atoms with Gasteiger partial charge in [-0.15, -0.1) is 12.4 Å². The largest absolute Gasteiger partial charge is 0.338 e. The zero-order valence-electron chi connectivity index (χ0n) is 17.1. The van der Waals surface area contributed by atoms with Gasteiger partial charge in [0.15, 0.2) is 0 Å². The lowest BCUT2D eigenvalue weighted by Crippen LogP contribution is -2.41. The Balaban J connectivity index is 0.00000300. The van der Waals surface area contributed by atoms with E-state index in [0.29, 0.717) is 19.6 Å². The molecule has 1 aliphatic heterocycles. The van der Waals surface area contributed by atoms with E-state index in [1.807, 2.05) is 68.3 Å². The van der Waals surface area contributed by atoms with Crippen LogP contribution in [-0.2, 0) is 17.8 Å². The highest BCUT2D eigenvalue weighted by Crippen LogP contribution is 2.27. The SMILES string of the molecule is CNCC(C)C(=O)N1CCc2c(cccc2NC(=O)Nc2ccc(C)cc2)C1.Cl. The molecule has 0 aliphatic carbocycles. The number of carbonyl (C=O) groups is 2. The molecule has 156 valence electrons. The molecule has 1 aliphatic rings. The molecule has 0 saturated carbocycles.